The molecule has 2 rings (SSSR count). The summed E-state index contributed by atoms with van der Waals surface area (Å²) in [5, 5.41) is 13.9. The SMILES string of the molecule is CC(O)C(C(=O)OSC(C)(C)C)C(CCOCc1ccccc1)NCc1ccccc1. The lowest BCUT2D eigenvalue weighted by Crippen LogP contribution is -2.46. The minimum atomic E-state index is -0.851. The molecule has 0 spiro atoms. The van der Waals surface area contributed by atoms with Gasteiger partial charge < -0.3 is 19.3 Å². The number of ether oxygens (including phenoxy) is 1. The van der Waals surface area contributed by atoms with E-state index >= 15 is 0 Å². The molecule has 0 saturated heterocycles. The van der Waals surface area contributed by atoms with Crippen molar-refractivity contribution in [2.75, 3.05) is 6.61 Å². The first kappa shape index (κ1) is 25.4. The Labute approximate surface area is 190 Å². The fraction of sp³-hybridized carbons (Fsp3) is 0.480. The first-order valence-electron chi connectivity index (χ1n) is 10.7. The normalized spacial score (nSPS) is 14.6. The van der Waals surface area contributed by atoms with Crippen LogP contribution in [0.1, 0.15) is 45.2 Å². The summed E-state index contributed by atoms with van der Waals surface area (Å²) in [4.78, 5) is 12.9. The van der Waals surface area contributed by atoms with E-state index in [2.05, 4.69) is 5.32 Å². The first-order chi connectivity index (χ1) is 14.8. The first-order valence-corrected chi connectivity index (χ1v) is 11.5. The molecule has 6 heteroatoms. The minimum absolute atomic E-state index is 0.218. The number of hydrogen-bond donors (Lipinski definition) is 2. The van der Waals surface area contributed by atoms with E-state index in [1.807, 2.05) is 81.4 Å². The van der Waals surface area contributed by atoms with Crippen LogP contribution >= 0.6 is 12.0 Å². The standard InChI is InChI=1S/C25H35NO4S/c1-19(27)23(24(28)30-31-25(2,3)4)22(26-17-20-11-7-5-8-12-20)15-16-29-18-21-13-9-6-10-14-21/h5-14,19,22-23,26-27H,15-18H2,1-4H3. The maximum Gasteiger partial charge on any atom is 0.325 e. The summed E-state index contributed by atoms with van der Waals surface area (Å²) in [7, 11) is 0. The van der Waals surface area contributed by atoms with Gasteiger partial charge in [0.1, 0.15) is 0 Å². The van der Waals surface area contributed by atoms with Gasteiger partial charge in [0.2, 0.25) is 0 Å². The van der Waals surface area contributed by atoms with Crippen LogP contribution in [0.15, 0.2) is 60.7 Å². The molecular formula is C25H35NO4S. The van der Waals surface area contributed by atoms with Crippen LogP contribution in [0.5, 0.6) is 0 Å². The average Bonchev–Trinajstić information content (AvgIpc) is 2.74. The zero-order chi connectivity index (χ0) is 22.7. The summed E-state index contributed by atoms with van der Waals surface area (Å²) >= 11 is 1.13. The van der Waals surface area contributed by atoms with Crippen molar-refractivity contribution in [3.63, 3.8) is 0 Å². The van der Waals surface area contributed by atoms with Crippen molar-refractivity contribution in [2.45, 2.75) is 64.2 Å². The Morgan fingerprint density at radius 2 is 1.61 bits per heavy atom. The van der Waals surface area contributed by atoms with Crippen molar-refractivity contribution in [1.29, 1.82) is 0 Å². The summed E-state index contributed by atoms with van der Waals surface area (Å²) in [6.07, 6.45) is -0.277. The van der Waals surface area contributed by atoms with Crippen molar-refractivity contribution in [3.05, 3.63) is 71.8 Å². The third kappa shape index (κ3) is 9.87. The molecule has 3 unspecified atom stereocenters. The molecule has 0 radical (unpaired) electrons. The van der Waals surface area contributed by atoms with Crippen LogP contribution in [0.3, 0.4) is 0 Å². The highest BCUT2D eigenvalue weighted by Crippen LogP contribution is 2.27. The molecule has 2 N–H and O–H groups in total. The number of rotatable bonds is 12. The van der Waals surface area contributed by atoms with Gasteiger partial charge in [0, 0.05) is 23.9 Å². The molecule has 0 bridgehead atoms. The second kappa shape index (κ2) is 12.9. The molecule has 0 aromatic heterocycles. The van der Waals surface area contributed by atoms with Crippen LogP contribution in [-0.4, -0.2) is 34.6 Å². The lowest BCUT2D eigenvalue weighted by molar-refractivity contribution is -0.142. The van der Waals surface area contributed by atoms with E-state index in [9.17, 15) is 9.90 Å². The second-order valence-electron chi connectivity index (χ2n) is 8.66. The van der Waals surface area contributed by atoms with Gasteiger partial charge in [-0.3, -0.25) is 4.79 Å². The van der Waals surface area contributed by atoms with Crippen LogP contribution in [0, 0.1) is 5.92 Å². The third-order valence-corrected chi connectivity index (χ3v) is 5.44. The maximum atomic E-state index is 12.9. The van der Waals surface area contributed by atoms with E-state index in [-0.39, 0.29) is 10.8 Å². The molecule has 0 saturated carbocycles. The quantitative estimate of drug-likeness (QED) is 0.363. The summed E-state index contributed by atoms with van der Waals surface area (Å²) < 4.78 is 11.1. The van der Waals surface area contributed by atoms with Crippen molar-refractivity contribution in [1.82, 2.24) is 5.32 Å². The van der Waals surface area contributed by atoms with Crippen LogP contribution in [-0.2, 0) is 26.9 Å². The van der Waals surface area contributed by atoms with Gasteiger partial charge in [0.15, 0.2) is 0 Å². The van der Waals surface area contributed by atoms with E-state index < -0.39 is 18.0 Å². The summed E-state index contributed by atoms with van der Waals surface area (Å²) in [5.74, 6) is -1.11. The molecule has 0 amide bonds. The van der Waals surface area contributed by atoms with Gasteiger partial charge >= 0.3 is 5.97 Å². The number of carbonyl (C=O) groups excluding carboxylic acids is 1. The van der Waals surface area contributed by atoms with Gasteiger partial charge in [-0.05, 0) is 45.2 Å². The smallest absolute Gasteiger partial charge is 0.325 e. The van der Waals surface area contributed by atoms with Gasteiger partial charge in [-0.15, -0.1) is 0 Å². The Hall–Kier alpha value is -1.86. The summed E-state index contributed by atoms with van der Waals surface area (Å²) in [6.45, 7) is 9.13. The number of benzene rings is 2. The molecule has 0 aliphatic heterocycles. The molecule has 0 aliphatic carbocycles. The van der Waals surface area contributed by atoms with Crippen LogP contribution in [0.2, 0.25) is 0 Å². The third-order valence-electron chi connectivity index (χ3n) is 4.70. The van der Waals surface area contributed by atoms with Crippen molar-refractivity contribution < 1.29 is 18.8 Å². The Kier molecular flexibility index (Phi) is 10.5. The topological polar surface area (TPSA) is 67.8 Å². The molecule has 5 nitrogen and oxygen atoms in total. The second-order valence-corrected chi connectivity index (χ2v) is 10.2. The van der Waals surface area contributed by atoms with Crippen molar-refractivity contribution in [2.24, 2.45) is 5.92 Å². The Morgan fingerprint density at radius 3 is 2.16 bits per heavy atom. The Balaban J connectivity index is 2.02. The molecule has 2 aromatic rings. The van der Waals surface area contributed by atoms with Gasteiger partial charge in [-0.1, -0.05) is 60.7 Å². The number of nitrogens with one attached hydrogen (secondary N) is 1. The molecule has 2 aromatic carbocycles. The van der Waals surface area contributed by atoms with Gasteiger partial charge in [0.05, 0.1) is 30.7 Å². The van der Waals surface area contributed by atoms with Crippen molar-refractivity contribution >= 4 is 18.0 Å². The zero-order valence-electron chi connectivity index (χ0n) is 18.9. The fourth-order valence-electron chi connectivity index (χ4n) is 3.15. The van der Waals surface area contributed by atoms with E-state index in [0.717, 1.165) is 23.2 Å². The van der Waals surface area contributed by atoms with E-state index in [0.29, 0.717) is 26.2 Å². The van der Waals surface area contributed by atoms with Gasteiger partial charge in [-0.25, -0.2) is 0 Å². The molecule has 170 valence electrons. The lowest BCUT2D eigenvalue weighted by Gasteiger charge is -2.29. The highest BCUT2D eigenvalue weighted by molar-refractivity contribution is 7.96. The highest BCUT2D eigenvalue weighted by Gasteiger charge is 2.34. The Morgan fingerprint density at radius 1 is 1.03 bits per heavy atom. The van der Waals surface area contributed by atoms with Crippen LogP contribution < -0.4 is 5.32 Å². The van der Waals surface area contributed by atoms with E-state index in [1.54, 1.807) is 6.92 Å². The Bertz CT molecular complexity index is 762. The number of aliphatic hydroxyl groups excluding tert-OH is 1. The monoisotopic (exact) mass is 445 g/mol. The summed E-state index contributed by atoms with van der Waals surface area (Å²) in [6, 6.07) is 19.7. The lowest BCUT2D eigenvalue weighted by atomic mass is 9.92. The minimum Gasteiger partial charge on any atom is -0.392 e. The predicted molar refractivity (Wildman–Crippen MR) is 126 cm³/mol. The van der Waals surface area contributed by atoms with Gasteiger partial charge in [-0.2, -0.15) is 0 Å². The molecule has 31 heavy (non-hydrogen) atoms. The fourth-order valence-corrected chi connectivity index (χ4v) is 3.59. The van der Waals surface area contributed by atoms with Crippen molar-refractivity contribution in [3.8, 4) is 0 Å². The van der Waals surface area contributed by atoms with Crippen LogP contribution in [0.4, 0.5) is 0 Å². The zero-order valence-corrected chi connectivity index (χ0v) is 19.7. The van der Waals surface area contributed by atoms with Gasteiger partial charge in [0.25, 0.3) is 0 Å². The van der Waals surface area contributed by atoms with E-state index in [1.165, 1.54) is 0 Å². The predicted octanol–water partition coefficient (Wildman–Crippen LogP) is 4.74. The summed E-state index contributed by atoms with van der Waals surface area (Å²) in [5.41, 5.74) is 2.21. The molecular weight excluding hydrogens is 410 g/mol. The number of carbonyl (C=O) groups is 1. The highest BCUT2D eigenvalue weighted by atomic mass is 32.2. The largest absolute Gasteiger partial charge is 0.392 e. The maximum absolute atomic E-state index is 12.9. The molecule has 0 heterocycles. The number of aliphatic hydroxyl groups is 1. The average molecular weight is 446 g/mol. The molecule has 3 atom stereocenters. The number of hydrogen-bond acceptors (Lipinski definition) is 6. The molecule has 0 aliphatic rings. The molecule has 0 fully saturated rings. The van der Waals surface area contributed by atoms with Crippen LogP contribution in [0.25, 0.3) is 0 Å². The van der Waals surface area contributed by atoms with E-state index in [4.69, 9.17) is 8.92 Å².